The van der Waals surface area contributed by atoms with Gasteiger partial charge in [-0.3, -0.25) is 0 Å². The quantitative estimate of drug-likeness (QED) is 0.715. The number of halogens is 1. The molecule has 2 rings (SSSR count). The lowest BCUT2D eigenvalue weighted by Gasteiger charge is -2.24. The molecule has 1 aliphatic heterocycles. The lowest BCUT2D eigenvalue weighted by atomic mass is 10.1. The van der Waals surface area contributed by atoms with Crippen LogP contribution < -0.4 is 11.1 Å². The molecule has 18 heavy (non-hydrogen) atoms. The number of carboxylic acids is 1. The van der Waals surface area contributed by atoms with Crippen LogP contribution in [0, 0.1) is 5.82 Å². The Bertz CT molecular complexity index is 459. The van der Waals surface area contributed by atoms with Gasteiger partial charge in [-0.25, -0.2) is 9.18 Å². The van der Waals surface area contributed by atoms with Crippen molar-refractivity contribution in [3.63, 3.8) is 0 Å². The molecule has 1 aliphatic rings. The number of ether oxygens (including phenoxy) is 1. The zero-order valence-electron chi connectivity index (χ0n) is 9.78. The summed E-state index contributed by atoms with van der Waals surface area (Å²) in [5.74, 6) is -1.70. The smallest absolute Gasteiger partial charge is 0.337 e. The molecule has 1 aromatic rings. The summed E-state index contributed by atoms with van der Waals surface area (Å²) < 4.78 is 18.9. The molecule has 0 spiro atoms. The number of benzene rings is 1. The molecule has 5 nitrogen and oxygen atoms in total. The monoisotopic (exact) mass is 254 g/mol. The van der Waals surface area contributed by atoms with Crippen molar-refractivity contribution in [1.82, 2.24) is 0 Å². The topological polar surface area (TPSA) is 84.6 Å². The normalized spacial score (nSPS) is 16.5. The van der Waals surface area contributed by atoms with Crippen LogP contribution in [-0.4, -0.2) is 30.3 Å². The maximum absolute atomic E-state index is 13.7. The first-order valence-corrected chi connectivity index (χ1v) is 5.74. The maximum atomic E-state index is 13.7. The molecule has 0 bridgehead atoms. The van der Waals surface area contributed by atoms with Crippen LogP contribution in [0.1, 0.15) is 23.2 Å². The molecule has 0 unspecified atom stereocenters. The Morgan fingerprint density at radius 3 is 2.72 bits per heavy atom. The van der Waals surface area contributed by atoms with Gasteiger partial charge in [-0.15, -0.1) is 0 Å². The average molecular weight is 254 g/mol. The molecule has 4 N–H and O–H groups in total. The molecule has 0 amide bonds. The molecule has 0 saturated carbocycles. The van der Waals surface area contributed by atoms with Gasteiger partial charge in [0.05, 0.1) is 11.3 Å². The first kappa shape index (κ1) is 12.6. The molecule has 0 aliphatic carbocycles. The number of carbonyl (C=O) groups is 1. The van der Waals surface area contributed by atoms with Crippen LogP contribution in [-0.2, 0) is 4.74 Å². The Labute approximate surface area is 104 Å². The van der Waals surface area contributed by atoms with Crippen LogP contribution in [0.5, 0.6) is 0 Å². The van der Waals surface area contributed by atoms with Crippen LogP contribution >= 0.6 is 0 Å². The van der Waals surface area contributed by atoms with E-state index in [9.17, 15) is 9.18 Å². The SMILES string of the molecule is Nc1cc(F)c(NC2CCOCC2)cc1C(=O)O. The third-order valence-electron chi connectivity index (χ3n) is 2.95. The summed E-state index contributed by atoms with van der Waals surface area (Å²) in [6, 6.07) is 2.37. The van der Waals surface area contributed by atoms with Crippen molar-refractivity contribution in [2.75, 3.05) is 24.3 Å². The van der Waals surface area contributed by atoms with Crippen LogP contribution in [0.25, 0.3) is 0 Å². The van der Waals surface area contributed by atoms with Gasteiger partial charge in [-0.1, -0.05) is 0 Å². The summed E-state index contributed by atoms with van der Waals surface area (Å²) >= 11 is 0. The number of nitrogens with two attached hydrogens (primary N) is 1. The first-order chi connectivity index (χ1) is 8.58. The molecule has 0 aromatic heterocycles. The minimum absolute atomic E-state index is 0.0717. The summed E-state index contributed by atoms with van der Waals surface area (Å²) in [5.41, 5.74) is 5.47. The van der Waals surface area contributed by atoms with Gasteiger partial charge in [0.2, 0.25) is 0 Å². The number of rotatable bonds is 3. The second-order valence-electron chi connectivity index (χ2n) is 4.26. The molecular formula is C12H15FN2O3. The predicted octanol–water partition coefficient (Wildman–Crippen LogP) is 1.70. The Kier molecular flexibility index (Phi) is 3.66. The highest BCUT2D eigenvalue weighted by Crippen LogP contribution is 2.24. The van der Waals surface area contributed by atoms with E-state index in [0.717, 1.165) is 18.9 Å². The van der Waals surface area contributed by atoms with Gasteiger partial charge in [-0.05, 0) is 25.0 Å². The fourth-order valence-corrected chi connectivity index (χ4v) is 1.95. The van der Waals surface area contributed by atoms with E-state index in [1.54, 1.807) is 0 Å². The molecule has 0 atom stereocenters. The largest absolute Gasteiger partial charge is 0.478 e. The summed E-state index contributed by atoms with van der Waals surface area (Å²) in [4.78, 5) is 10.9. The lowest BCUT2D eigenvalue weighted by molar-refractivity contribution is 0.0698. The van der Waals surface area contributed by atoms with E-state index in [1.807, 2.05) is 0 Å². The van der Waals surface area contributed by atoms with Gasteiger partial charge in [0, 0.05) is 24.9 Å². The number of nitrogen functional groups attached to an aromatic ring is 1. The Hall–Kier alpha value is -1.82. The van der Waals surface area contributed by atoms with Gasteiger partial charge in [0.25, 0.3) is 0 Å². The minimum atomic E-state index is -1.16. The maximum Gasteiger partial charge on any atom is 0.337 e. The summed E-state index contributed by atoms with van der Waals surface area (Å²) in [6.45, 7) is 1.25. The van der Waals surface area contributed by atoms with Gasteiger partial charge in [-0.2, -0.15) is 0 Å². The van der Waals surface area contributed by atoms with E-state index < -0.39 is 11.8 Å². The fourth-order valence-electron chi connectivity index (χ4n) is 1.95. The van der Waals surface area contributed by atoms with Crippen LogP contribution in [0.15, 0.2) is 12.1 Å². The molecule has 98 valence electrons. The highest BCUT2D eigenvalue weighted by molar-refractivity contribution is 5.94. The summed E-state index contributed by atoms with van der Waals surface area (Å²) in [7, 11) is 0. The highest BCUT2D eigenvalue weighted by Gasteiger charge is 2.18. The van der Waals surface area contributed by atoms with Gasteiger partial charge in [0.15, 0.2) is 0 Å². The molecule has 1 aromatic carbocycles. The molecule has 1 saturated heterocycles. The second kappa shape index (κ2) is 5.22. The zero-order valence-corrected chi connectivity index (χ0v) is 9.78. The van der Waals surface area contributed by atoms with Crippen molar-refractivity contribution in [1.29, 1.82) is 0 Å². The minimum Gasteiger partial charge on any atom is -0.478 e. The summed E-state index contributed by atoms with van der Waals surface area (Å²) in [5, 5.41) is 11.9. The van der Waals surface area contributed by atoms with Gasteiger partial charge in [0.1, 0.15) is 5.82 Å². The van der Waals surface area contributed by atoms with Gasteiger partial charge < -0.3 is 20.9 Å². The number of aromatic carboxylic acids is 1. The van der Waals surface area contributed by atoms with Crippen LogP contribution in [0.2, 0.25) is 0 Å². The Balaban J connectivity index is 2.21. The molecule has 0 radical (unpaired) electrons. The number of anilines is 2. The third kappa shape index (κ3) is 2.70. The number of hydrogen-bond acceptors (Lipinski definition) is 4. The number of hydrogen-bond donors (Lipinski definition) is 3. The van der Waals surface area contributed by atoms with Crippen molar-refractivity contribution >= 4 is 17.3 Å². The molecular weight excluding hydrogens is 239 g/mol. The van der Waals surface area contributed by atoms with Crippen LogP contribution in [0.4, 0.5) is 15.8 Å². The Morgan fingerprint density at radius 1 is 1.44 bits per heavy atom. The van der Waals surface area contributed by atoms with Crippen molar-refractivity contribution in [2.45, 2.75) is 18.9 Å². The zero-order chi connectivity index (χ0) is 13.1. The molecule has 1 heterocycles. The summed E-state index contributed by atoms with van der Waals surface area (Å²) in [6.07, 6.45) is 1.54. The number of nitrogens with one attached hydrogen (secondary N) is 1. The fraction of sp³-hybridized carbons (Fsp3) is 0.417. The lowest BCUT2D eigenvalue weighted by Crippen LogP contribution is -2.28. The number of carboxylic acid groups (broad SMARTS) is 1. The van der Waals surface area contributed by atoms with Crippen molar-refractivity contribution in [3.05, 3.63) is 23.5 Å². The first-order valence-electron chi connectivity index (χ1n) is 5.74. The van der Waals surface area contributed by atoms with Crippen molar-refractivity contribution in [3.8, 4) is 0 Å². The van der Waals surface area contributed by atoms with E-state index in [-0.39, 0.29) is 23.0 Å². The van der Waals surface area contributed by atoms with E-state index in [4.69, 9.17) is 15.6 Å². The van der Waals surface area contributed by atoms with E-state index in [2.05, 4.69) is 5.32 Å². The van der Waals surface area contributed by atoms with E-state index in [0.29, 0.717) is 13.2 Å². The second-order valence-corrected chi connectivity index (χ2v) is 4.26. The van der Waals surface area contributed by atoms with Crippen molar-refractivity contribution < 1.29 is 19.0 Å². The van der Waals surface area contributed by atoms with Crippen LogP contribution in [0.3, 0.4) is 0 Å². The predicted molar refractivity (Wildman–Crippen MR) is 65.2 cm³/mol. The van der Waals surface area contributed by atoms with Crippen molar-refractivity contribution in [2.24, 2.45) is 0 Å². The standard InChI is InChI=1S/C12H15FN2O3/c13-9-6-10(14)8(12(16)17)5-11(9)15-7-1-3-18-4-2-7/h5-7,15H,1-4,14H2,(H,16,17). The average Bonchev–Trinajstić information content (AvgIpc) is 2.33. The Morgan fingerprint density at radius 2 is 2.11 bits per heavy atom. The third-order valence-corrected chi connectivity index (χ3v) is 2.95. The van der Waals surface area contributed by atoms with Gasteiger partial charge >= 0.3 is 5.97 Å². The van der Waals surface area contributed by atoms with E-state index in [1.165, 1.54) is 6.07 Å². The highest BCUT2D eigenvalue weighted by atomic mass is 19.1. The molecule has 1 fully saturated rings. The van der Waals surface area contributed by atoms with E-state index >= 15 is 0 Å². The molecule has 6 heteroatoms.